The maximum atomic E-state index is 12.5. The molecule has 256 valence electrons. The van der Waals surface area contributed by atoms with Gasteiger partial charge in [-0.2, -0.15) is 8.42 Å². The molecule has 0 aliphatic heterocycles. The first-order chi connectivity index (χ1) is 23.0. The first-order valence-electron chi connectivity index (χ1n) is 15.6. The minimum Gasteiger partial charge on any atom is -0.356 e. The summed E-state index contributed by atoms with van der Waals surface area (Å²) in [5, 5.41) is 7.01. The van der Waals surface area contributed by atoms with Crippen LogP contribution in [-0.2, 0) is 32.0 Å². The van der Waals surface area contributed by atoms with Crippen molar-refractivity contribution < 1.29 is 30.7 Å². The topological polar surface area (TPSA) is 156 Å². The fourth-order valence-electron chi connectivity index (χ4n) is 5.42. The number of aromatic nitrogens is 1. The number of sulfonamides is 1. The van der Waals surface area contributed by atoms with Gasteiger partial charge in [0.25, 0.3) is 16.0 Å². The molecule has 0 aliphatic rings. The summed E-state index contributed by atoms with van der Waals surface area (Å²) in [5.74, 6) is -0.567. The Morgan fingerprint density at radius 3 is 2.10 bits per heavy atom. The summed E-state index contributed by atoms with van der Waals surface area (Å²) in [6, 6.07) is 32.5. The van der Waals surface area contributed by atoms with Crippen molar-refractivity contribution in [3.8, 4) is 22.5 Å². The molecule has 10 nitrogen and oxygen atoms in total. The molecule has 0 fully saturated rings. The quantitative estimate of drug-likeness (QED) is 0.122. The van der Waals surface area contributed by atoms with E-state index < -0.39 is 31.8 Å². The molecule has 4 aromatic carbocycles. The Morgan fingerprint density at radius 1 is 0.837 bits per heavy atom. The van der Waals surface area contributed by atoms with Crippen LogP contribution in [0.25, 0.3) is 22.5 Å². The average molecular weight is 702 g/mol. The molecule has 1 amide bonds. The first-order valence-corrected chi connectivity index (χ1v) is 19.1. The third-order valence-corrected chi connectivity index (χ3v) is 9.36. The molecule has 0 spiro atoms. The Labute approximate surface area is 287 Å². The summed E-state index contributed by atoms with van der Waals surface area (Å²) in [6.45, 7) is 6.30. The van der Waals surface area contributed by atoms with E-state index in [1.54, 1.807) is 24.3 Å². The highest BCUT2D eigenvalue weighted by Gasteiger charge is 2.22. The third-order valence-electron chi connectivity index (χ3n) is 8.03. The highest BCUT2D eigenvalue weighted by Crippen LogP contribution is 2.34. The van der Waals surface area contributed by atoms with Gasteiger partial charge < -0.3 is 9.84 Å². The van der Waals surface area contributed by atoms with E-state index in [9.17, 15) is 21.6 Å². The number of nitrogens with zero attached hydrogens (tertiary/aromatic N) is 1. The van der Waals surface area contributed by atoms with Crippen LogP contribution in [0.5, 0.6) is 0 Å². The van der Waals surface area contributed by atoms with E-state index in [0.29, 0.717) is 23.4 Å². The molecule has 3 N–H and O–H groups in total. The summed E-state index contributed by atoms with van der Waals surface area (Å²) in [5.41, 5.74) is 7.47. The number of hydrogen-bond acceptors (Lipinski definition) is 7. The van der Waals surface area contributed by atoms with Crippen molar-refractivity contribution in [3.63, 3.8) is 0 Å². The normalized spacial score (nSPS) is 12.8. The van der Waals surface area contributed by atoms with Crippen LogP contribution in [0.3, 0.4) is 0 Å². The Balaban J connectivity index is 1.40. The van der Waals surface area contributed by atoms with Gasteiger partial charge in [-0.25, -0.2) is 8.42 Å². The van der Waals surface area contributed by atoms with Crippen molar-refractivity contribution in [1.82, 2.24) is 10.5 Å². The molecular formula is C37H39N3O7S2. The van der Waals surface area contributed by atoms with E-state index in [-0.39, 0.29) is 17.9 Å². The van der Waals surface area contributed by atoms with Crippen LogP contribution in [0.1, 0.15) is 59.4 Å². The Bertz CT molecular complexity index is 2140. The molecule has 12 heteroatoms. The minimum absolute atomic E-state index is 0.0115. The van der Waals surface area contributed by atoms with Crippen LogP contribution in [0, 0.1) is 0 Å². The highest BCUT2D eigenvalue weighted by atomic mass is 32.2. The Kier molecular flexibility index (Phi) is 10.4. The van der Waals surface area contributed by atoms with Crippen LogP contribution in [0.15, 0.2) is 108 Å². The second-order valence-corrected chi connectivity index (χ2v) is 16.3. The zero-order chi connectivity index (χ0) is 35.4. The fraction of sp³-hybridized carbons (Fsp3) is 0.243. The molecular weight excluding hydrogens is 663 g/mol. The van der Waals surface area contributed by atoms with E-state index in [4.69, 9.17) is 9.08 Å². The van der Waals surface area contributed by atoms with Gasteiger partial charge in [0.15, 0.2) is 5.76 Å². The smallest absolute Gasteiger partial charge is 0.266 e. The lowest BCUT2D eigenvalue weighted by Gasteiger charge is -2.21. The molecule has 1 aromatic heterocycles. The SMILES string of the molecule is CC(C)(C)c1ccc(C(Cc2ccc(C(=O)NCCS(=O)(=O)O)cc2)c2cc(-c3cccc(-c4ccc(NS(C)(=O)=O)cc4)c3)on2)cc1. The van der Waals surface area contributed by atoms with Gasteiger partial charge in [-0.15, -0.1) is 0 Å². The van der Waals surface area contributed by atoms with E-state index in [0.717, 1.165) is 39.8 Å². The monoisotopic (exact) mass is 701 g/mol. The second kappa shape index (κ2) is 14.4. The number of hydrogen-bond donors (Lipinski definition) is 3. The standard InChI is InChI=1S/C37H39N3O7S2/c1-37(2,3)31-16-12-27(13-17-31)33(22-25-8-10-28(11-9-25)36(41)38-20-21-49(44,45)46)34-24-35(47-39-34)30-7-5-6-29(23-30)26-14-18-32(19-15-26)40-48(4,42)43/h5-19,23-24,33,40H,20-22H2,1-4H3,(H,38,41)(H,44,45,46). The van der Waals surface area contributed by atoms with Gasteiger partial charge in [0, 0.05) is 35.3 Å². The molecule has 5 rings (SSSR count). The van der Waals surface area contributed by atoms with Crippen molar-refractivity contribution >= 4 is 31.7 Å². The van der Waals surface area contributed by atoms with Crippen LogP contribution in [0.2, 0.25) is 0 Å². The number of nitrogens with one attached hydrogen (secondary N) is 2. The van der Waals surface area contributed by atoms with Gasteiger partial charge in [-0.3, -0.25) is 14.1 Å². The molecule has 0 bridgehead atoms. The summed E-state index contributed by atoms with van der Waals surface area (Å²) < 4.78 is 62.4. The van der Waals surface area contributed by atoms with Gasteiger partial charge in [0.05, 0.1) is 17.7 Å². The molecule has 5 aromatic rings. The average Bonchev–Trinajstić information content (AvgIpc) is 3.53. The summed E-state index contributed by atoms with van der Waals surface area (Å²) in [7, 11) is -7.54. The molecule has 1 atom stereocenters. The van der Waals surface area contributed by atoms with E-state index in [1.807, 2.05) is 54.6 Å². The zero-order valence-corrected chi connectivity index (χ0v) is 29.3. The second-order valence-electron chi connectivity index (χ2n) is 13.0. The van der Waals surface area contributed by atoms with Crippen molar-refractivity contribution in [3.05, 3.63) is 131 Å². The van der Waals surface area contributed by atoms with Crippen molar-refractivity contribution in [1.29, 1.82) is 0 Å². The van der Waals surface area contributed by atoms with Crippen LogP contribution < -0.4 is 10.0 Å². The van der Waals surface area contributed by atoms with Crippen molar-refractivity contribution in [2.45, 2.75) is 38.5 Å². The van der Waals surface area contributed by atoms with Gasteiger partial charge in [-0.1, -0.05) is 92.7 Å². The van der Waals surface area contributed by atoms with E-state index in [1.165, 1.54) is 5.56 Å². The predicted octanol–water partition coefficient (Wildman–Crippen LogP) is 6.67. The van der Waals surface area contributed by atoms with Crippen LogP contribution in [0.4, 0.5) is 5.69 Å². The summed E-state index contributed by atoms with van der Waals surface area (Å²) >= 11 is 0. The Hall–Kier alpha value is -4.78. The number of carbonyl (C=O) groups excluding carboxylic acids is 1. The van der Waals surface area contributed by atoms with Crippen molar-refractivity contribution in [2.75, 3.05) is 23.3 Å². The number of benzene rings is 4. The Morgan fingerprint density at radius 2 is 1.49 bits per heavy atom. The zero-order valence-electron chi connectivity index (χ0n) is 27.7. The van der Waals surface area contributed by atoms with Gasteiger partial charge in [0.1, 0.15) is 0 Å². The molecule has 0 saturated carbocycles. The highest BCUT2D eigenvalue weighted by molar-refractivity contribution is 7.92. The lowest BCUT2D eigenvalue weighted by molar-refractivity contribution is 0.0956. The van der Waals surface area contributed by atoms with Crippen molar-refractivity contribution in [2.24, 2.45) is 0 Å². The first kappa shape index (κ1) is 35.5. The maximum absolute atomic E-state index is 12.5. The number of carbonyl (C=O) groups is 1. The van der Waals surface area contributed by atoms with Crippen LogP contribution in [-0.4, -0.2) is 51.0 Å². The molecule has 1 unspecified atom stereocenters. The lowest BCUT2D eigenvalue weighted by Crippen LogP contribution is -2.28. The van der Waals surface area contributed by atoms with Crippen LogP contribution >= 0.6 is 0 Å². The minimum atomic E-state index is -4.17. The lowest BCUT2D eigenvalue weighted by atomic mass is 9.83. The third kappa shape index (κ3) is 9.88. The van der Waals surface area contributed by atoms with Gasteiger partial charge in [-0.05, 0) is 70.0 Å². The number of amides is 1. The number of anilines is 1. The maximum Gasteiger partial charge on any atom is 0.266 e. The molecule has 0 aliphatic carbocycles. The van der Waals surface area contributed by atoms with E-state index >= 15 is 0 Å². The van der Waals surface area contributed by atoms with E-state index in [2.05, 4.69) is 60.2 Å². The summed E-state index contributed by atoms with van der Waals surface area (Å²) in [6.07, 6.45) is 1.68. The van der Waals surface area contributed by atoms with Gasteiger partial charge >= 0.3 is 0 Å². The number of rotatable bonds is 12. The fourth-order valence-corrected chi connectivity index (χ4v) is 6.34. The molecule has 0 radical (unpaired) electrons. The molecule has 49 heavy (non-hydrogen) atoms. The summed E-state index contributed by atoms with van der Waals surface area (Å²) in [4.78, 5) is 12.5. The molecule has 1 heterocycles. The largest absolute Gasteiger partial charge is 0.356 e. The van der Waals surface area contributed by atoms with Gasteiger partial charge in [0.2, 0.25) is 10.0 Å². The molecule has 0 saturated heterocycles. The predicted molar refractivity (Wildman–Crippen MR) is 192 cm³/mol.